The lowest BCUT2D eigenvalue weighted by Gasteiger charge is -2.02. The van der Waals surface area contributed by atoms with Crippen LogP contribution in [0.5, 0.6) is 0 Å². The average Bonchev–Trinajstić information content (AvgIpc) is 3.41. The van der Waals surface area contributed by atoms with Crippen LogP contribution in [0.2, 0.25) is 0 Å². The number of carbonyl (C=O) groups is 1. The van der Waals surface area contributed by atoms with Crippen LogP contribution >= 0.6 is 11.8 Å². The zero-order valence-electron chi connectivity index (χ0n) is 16.5. The Morgan fingerprint density at radius 3 is 2.69 bits per heavy atom. The van der Waals surface area contributed by atoms with Gasteiger partial charge in [0.05, 0.1) is 15.5 Å². The predicted molar refractivity (Wildman–Crippen MR) is 126 cm³/mol. The van der Waals surface area contributed by atoms with E-state index in [0.717, 1.165) is 16.5 Å². The van der Waals surface area contributed by atoms with Crippen LogP contribution < -0.4 is 5.32 Å². The smallest absolute Gasteiger partial charge is 0.270 e. The van der Waals surface area contributed by atoms with Gasteiger partial charge in [-0.3, -0.25) is 14.9 Å². The van der Waals surface area contributed by atoms with Crippen molar-refractivity contribution in [1.82, 2.24) is 5.32 Å². The van der Waals surface area contributed by atoms with Crippen molar-refractivity contribution in [1.29, 1.82) is 0 Å². The van der Waals surface area contributed by atoms with Gasteiger partial charge in [0.1, 0.15) is 11.5 Å². The lowest BCUT2D eigenvalue weighted by Crippen LogP contribution is -2.19. The van der Waals surface area contributed by atoms with E-state index in [2.05, 4.69) is 10.3 Å². The normalized spacial score (nSPS) is 16.1. The molecule has 1 fully saturated rings. The predicted octanol–water partition coefficient (Wildman–Crippen LogP) is 5.90. The second-order valence-electron chi connectivity index (χ2n) is 6.99. The molecule has 1 aromatic heterocycles. The van der Waals surface area contributed by atoms with Gasteiger partial charge in [-0.1, -0.05) is 48.5 Å². The Morgan fingerprint density at radius 1 is 1.00 bits per heavy atom. The highest BCUT2D eigenvalue weighted by atomic mass is 32.2. The third-order valence-corrected chi connectivity index (χ3v) is 5.79. The molecule has 8 heteroatoms. The summed E-state index contributed by atoms with van der Waals surface area (Å²) in [5.74, 6) is 0.687. The molecule has 4 aromatic rings. The molecule has 1 amide bonds. The second kappa shape index (κ2) is 8.16. The van der Waals surface area contributed by atoms with Crippen LogP contribution in [0.4, 0.5) is 11.4 Å². The summed E-state index contributed by atoms with van der Waals surface area (Å²) in [4.78, 5) is 28.1. The van der Waals surface area contributed by atoms with Gasteiger partial charge < -0.3 is 9.73 Å². The molecule has 32 heavy (non-hydrogen) atoms. The van der Waals surface area contributed by atoms with Gasteiger partial charge in [-0.2, -0.15) is 0 Å². The van der Waals surface area contributed by atoms with E-state index >= 15 is 0 Å². The van der Waals surface area contributed by atoms with E-state index in [1.807, 2.05) is 42.5 Å². The van der Waals surface area contributed by atoms with Gasteiger partial charge in [0, 0.05) is 29.2 Å². The topological polar surface area (TPSA) is 97.7 Å². The van der Waals surface area contributed by atoms with Crippen LogP contribution in [0.15, 0.2) is 93.2 Å². The Bertz CT molecular complexity index is 1430. The standard InChI is InChI=1S/C24H15N3O4S/c28-23-22(14-18-11-12-21(31-18)16-7-3-8-17(13-16)27(29)30)32-24(26-23)25-20-10-4-6-15-5-1-2-9-19(15)20/h1-14H,(H,25,26,28)/b22-14+. The van der Waals surface area contributed by atoms with Gasteiger partial charge in [-0.05, 0) is 35.3 Å². The fourth-order valence-corrected chi connectivity index (χ4v) is 4.20. The van der Waals surface area contributed by atoms with Crippen molar-refractivity contribution in [3.05, 3.63) is 99.6 Å². The minimum absolute atomic E-state index is 0.0150. The highest BCUT2D eigenvalue weighted by Gasteiger charge is 2.24. The van der Waals surface area contributed by atoms with E-state index < -0.39 is 4.92 Å². The minimum Gasteiger partial charge on any atom is -0.457 e. The Kier molecular flexibility index (Phi) is 5.04. The summed E-state index contributed by atoms with van der Waals surface area (Å²) < 4.78 is 5.79. The molecule has 0 aliphatic carbocycles. The summed E-state index contributed by atoms with van der Waals surface area (Å²) >= 11 is 1.23. The molecule has 1 saturated heterocycles. The molecule has 0 unspecified atom stereocenters. The van der Waals surface area contributed by atoms with Gasteiger partial charge in [-0.25, -0.2) is 4.99 Å². The zero-order valence-corrected chi connectivity index (χ0v) is 17.3. The van der Waals surface area contributed by atoms with Crippen LogP contribution in [0.3, 0.4) is 0 Å². The number of nitrogens with zero attached hydrogens (tertiary/aromatic N) is 2. The number of rotatable bonds is 4. The number of amides is 1. The number of nitrogens with one attached hydrogen (secondary N) is 1. The van der Waals surface area contributed by atoms with Gasteiger partial charge in [0.25, 0.3) is 11.6 Å². The maximum absolute atomic E-state index is 12.4. The molecule has 0 spiro atoms. The molecule has 0 radical (unpaired) electrons. The maximum Gasteiger partial charge on any atom is 0.270 e. The van der Waals surface area contributed by atoms with E-state index in [9.17, 15) is 14.9 Å². The van der Waals surface area contributed by atoms with Gasteiger partial charge >= 0.3 is 0 Å². The summed E-state index contributed by atoms with van der Waals surface area (Å²) in [5, 5.41) is 16.3. The Morgan fingerprint density at radius 2 is 1.81 bits per heavy atom. The first kappa shape index (κ1) is 19.8. The molecular formula is C24H15N3O4S. The molecule has 0 saturated carbocycles. The lowest BCUT2D eigenvalue weighted by atomic mass is 10.1. The SMILES string of the molecule is O=C1NC(=Nc2cccc3ccccc23)S/C1=C/c1ccc(-c2cccc([N+](=O)[O-])c2)o1. The van der Waals surface area contributed by atoms with Crippen molar-refractivity contribution in [3.8, 4) is 11.3 Å². The van der Waals surface area contributed by atoms with E-state index in [4.69, 9.17) is 4.42 Å². The Labute approximate surface area is 186 Å². The van der Waals surface area contributed by atoms with E-state index in [-0.39, 0.29) is 11.6 Å². The largest absolute Gasteiger partial charge is 0.457 e. The lowest BCUT2D eigenvalue weighted by molar-refractivity contribution is -0.384. The molecule has 5 rings (SSSR count). The van der Waals surface area contributed by atoms with Crippen molar-refractivity contribution in [2.45, 2.75) is 0 Å². The number of benzene rings is 3. The Hall–Kier alpha value is -4.17. The van der Waals surface area contributed by atoms with Crippen LogP contribution in [0.1, 0.15) is 5.76 Å². The van der Waals surface area contributed by atoms with Crippen LogP contribution in [-0.4, -0.2) is 16.0 Å². The number of non-ortho nitro benzene ring substituents is 1. The van der Waals surface area contributed by atoms with Crippen molar-refractivity contribution < 1.29 is 14.1 Å². The maximum atomic E-state index is 12.4. The highest BCUT2D eigenvalue weighted by molar-refractivity contribution is 8.18. The first-order chi connectivity index (χ1) is 15.6. The number of nitro benzene ring substituents is 1. The summed E-state index contributed by atoms with van der Waals surface area (Å²) in [7, 11) is 0. The molecule has 1 N–H and O–H groups in total. The number of furan rings is 1. The molecule has 156 valence electrons. The van der Waals surface area contributed by atoms with Crippen molar-refractivity contribution >= 4 is 51.1 Å². The summed E-state index contributed by atoms with van der Waals surface area (Å²) in [6.45, 7) is 0. The van der Waals surface area contributed by atoms with Gasteiger partial charge in [0.2, 0.25) is 0 Å². The van der Waals surface area contributed by atoms with Crippen LogP contribution in [0, 0.1) is 10.1 Å². The quantitative estimate of drug-likeness (QED) is 0.242. The number of aliphatic imine (C=N–C) groups is 1. The number of carbonyl (C=O) groups excluding carboxylic acids is 1. The molecule has 0 atom stereocenters. The van der Waals surface area contributed by atoms with Crippen LogP contribution in [0.25, 0.3) is 28.2 Å². The number of hydrogen-bond donors (Lipinski definition) is 1. The average molecular weight is 441 g/mol. The number of hydrogen-bond acceptors (Lipinski definition) is 6. The first-order valence-electron chi connectivity index (χ1n) is 9.69. The molecule has 7 nitrogen and oxygen atoms in total. The Balaban J connectivity index is 1.40. The number of nitro groups is 1. The second-order valence-corrected chi connectivity index (χ2v) is 8.02. The molecule has 2 heterocycles. The van der Waals surface area contributed by atoms with Crippen molar-refractivity contribution in [2.24, 2.45) is 4.99 Å². The molecule has 1 aliphatic heterocycles. The first-order valence-corrected chi connectivity index (χ1v) is 10.5. The molecule has 1 aliphatic rings. The summed E-state index contributed by atoms with van der Waals surface area (Å²) in [6.07, 6.45) is 1.63. The van der Waals surface area contributed by atoms with Gasteiger partial charge in [-0.15, -0.1) is 0 Å². The molecule has 0 bridgehead atoms. The fraction of sp³-hybridized carbons (Fsp3) is 0. The van der Waals surface area contributed by atoms with Crippen LogP contribution in [-0.2, 0) is 4.79 Å². The number of amidine groups is 1. The number of fused-ring (bicyclic) bond motifs is 1. The highest BCUT2D eigenvalue weighted by Crippen LogP contribution is 2.32. The monoisotopic (exact) mass is 441 g/mol. The van der Waals surface area contributed by atoms with E-state index in [0.29, 0.717) is 27.2 Å². The fourth-order valence-electron chi connectivity index (χ4n) is 3.38. The number of thioether (sulfide) groups is 1. The zero-order chi connectivity index (χ0) is 22.1. The minimum atomic E-state index is -0.453. The van der Waals surface area contributed by atoms with Crippen molar-refractivity contribution in [3.63, 3.8) is 0 Å². The molecule has 3 aromatic carbocycles. The van der Waals surface area contributed by atoms with E-state index in [1.54, 1.807) is 30.3 Å². The third kappa shape index (κ3) is 3.91. The summed E-state index contributed by atoms with van der Waals surface area (Å²) in [6, 6.07) is 23.4. The van der Waals surface area contributed by atoms with Gasteiger partial charge in [0.15, 0.2) is 5.17 Å². The van der Waals surface area contributed by atoms with E-state index in [1.165, 1.54) is 23.9 Å². The molecular weight excluding hydrogens is 426 g/mol. The summed E-state index contributed by atoms with van der Waals surface area (Å²) in [5.41, 5.74) is 1.35. The van der Waals surface area contributed by atoms with Crippen molar-refractivity contribution in [2.75, 3.05) is 0 Å². The third-order valence-electron chi connectivity index (χ3n) is 4.88.